The minimum absolute atomic E-state index is 0.0400. The molecule has 1 fully saturated rings. The molecule has 156 valence electrons. The molecule has 1 heterocycles. The van der Waals surface area contributed by atoms with Crippen LogP contribution in [0.4, 0.5) is 11.4 Å². The van der Waals surface area contributed by atoms with Gasteiger partial charge in [-0.05, 0) is 54.9 Å². The molecular weight excluding hydrogens is 384 g/mol. The van der Waals surface area contributed by atoms with Crippen LogP contribution in [-0.4, -0.2) is 56.0 Å². The van der Waals surface area contributed by atoms with Gasteiger partial charge in [-0.25, -0.2) is 0 Å². The first kappa shape index (κ1) is 21.6. The number of halogens is 1. The van der Waals surface area contributed by atoms with E-state index >= 15 is 0 Å². The average Bonchev–Trinajstić information content (AvgIpc) is 2.89. The van der Waals surface area contributed by atoms with Crippen molar-refractivity contribution in [3.63, 3.8) is 0 Å². The molecule has 0 aromatic heterocycles. The normalized spacial score (nSPS) is 15.7. The van der Waals surface area contributed by atoms with Crippen molar-refractivity contribution in [2.45, 2.75) is 26.4 Å². The molecule has 29 heavy (non-hydrogen) atoms. The molecule has 0 spiro atoms. The Hall–Kier alpha value is -2.08. The van der Waals surface area contributed by atoms with Crippen LogP contribution in [-0.2, 0) is 17.9 Å². The van der Waals surface area contributed by atoms with Crippen molar-refractivity contribution < 1.29 is 4.79 Å². The number of carbonyl (C=O) groups excluding carboxylic acids is 1. The van der Waals surface area contributed by atoms with Crippen molar-refractivity contribution in [1.82, 2.24) is 9.80 Å². The lowest BCUT2D eigenvalue weighted by Crippen LogP contribution is -2.30. The standard InChI is InChI=1S/C23H31ClN4O/c1-18(29)25-21-8-5-19(6-9-21)16-27-11-4-12-28(14-13-27)17-20-7-10-22(26(2)3)15-23(20)24/h5-10,15H,4,11-14,16-17H2,1-3H3,(H,25,29). The molecule has 1 N–H and O–H groups in total. The van der Waals surface area contributed by atoms with Crippen LogP contribution in [0, 0.1) is 0 Å². The lowest BCUT2D eigenvalue weighted by Gasteiger charge is -2.23. The predicted octanol–water partition coefficient (Wildman–Crippen LogP) is 4.07. The second kappa shape index (κ2) is 10.1. The quantitative estimate of drug-likeness (QED) is 0.773. The summed E-state index contributed by atoms with van der Waals surface area (Å²) in [6, 6.07) is 14.5. The predicted molar refractivity (Wildman–Crippen MR) is 122 cm³/mol. The van der Waals surface area contributed by atoms with Crippen LogP contribution in [0.3, 0.4) is 0 Å². The molecule has 0 atom stereocenters. The van der Waals surface area contributed by atoms with E-state index in [1.165, 1.54) is 18.1 Å². The van der Waals surface area contributed by atoms with Crippen LogP contribution in [0.25, 0.3) is 0 Å². The highest BCUT2D eigenvalue weighted by molar-refractivity contribution is 6.31. The Morgan fingerprint density at radius 2 is 1.66 bits per heavy atom. The van der Waals surface area contributed by atoms with E-state index in [2.05, 4.69) is 44.3 Å². The number of anilines is 2. The van der Waals surface area contributed by atoms with Gasteiger partial charge in [0.2, 0.25) is 5.91 Å². The number of nitrogens with one attached hydrogen (secondary N) is 1. The molecule has 2 aromatic rings. The minimum atomic E-state index is -0.0400. The second-order valence-electron chi connectivity index (χ2n) is 7.95. The van der Waals surface area contributed by atoms with Gasteiger partial charge < -0.3 is 10.2 Å². The summed E-state index contributed by atoms with van der Waals surface area (Å²) in [6.07, 6.45) is 1.15. The summed E-state index contributed by atoms with van der Waals surface area (Å²) in [6.45, 7) is 7.62. The molecule has 0 radical (unpaired) electrons. The molecule has 1 aliphatic heterocycles. The molecule has 1 aliphatic rings. The zero-order valence-corrected chi connectivity index (χ0v) is 18.4. The summed E-state index contributed by atoms with van der Waals surface area (Å²) in [5, 5.41) is 3.66. The van der Waals surface area contributed by atoms with Gasteiger partial charge in [0, 0.05) is 63.6 Å². The first-order valence-electron chi connectivity index (χ1n) is 10.2. The Morgan fingerprint density at radius 3 is 2.24 bits per heavy atom. The van der Waals surface area contributed by atoms with E-state index in [-0.39, 0.29) is 5.91 Å². The van der Waals surface area contributed by atoms with E-state index in [0.717, 1.165) is 62.1 Å². The molecule has 0 saturated carbocycles. The average molecular weight is 415 g/mol. The molecule has 3 rings (SSSR count). The molecule has 1 amide bonds. The maximum absolute atomic E-state index is 11.1. The van der Waals surface area contributed by atoms with Crippen LogP contribution >= 0.6 is 11.6 Å². The topological polar surface area (TPSA) is 38.8 Å². The van der Waals surface area contributed by atoms with Gasteiger partial charge in [-0.3, -0.25) is 14.6 Å². The summed E-state index contributed by atoms with van der Waals surface area (Å²) >= 11 is 6.52. The molecule has 0 bridgehead atoms. The van der Waals surface area contributed by atoms with E-state index in [1.54, 1.807) is 0 Å². The highest BCUT2D eigenvalue weighted by Crippen LogP contribution is 2.24. The molecule has 0 aliphatic carbocycles. The summed E-state index contributed by atoms with van der Waals surface area (Å²) in [5.74, 6) is -0.0400. The number of nitrogens with zero attached hydrogens (tertiary/aromatic N) is 3. The van der Waals surface area contributed by atoms with Crippen molar-refractivity contribution in [2.24, 2.45) is 0 Å². The van der Waals surface area contributed by atoms with E-state index in [4.69, 9.17) is 11.6 Å². The highest BCUT2D eigenvalue weighted by atomic mass is 35.5. The second-order valence-corrected chi connectivity index (χ2v) is 8.36. The fourth-order valence-electron chi connectivity index (χ4n) is 3.68. The van der Waals surface area contributed by atoms with Crippen LogP contribution in [0.1, 0.15) is 24.5 Å². The molecule has 5 nitrogen and oxygen atoms in total. The third-order valence-corrected chi connectivity index (χ3v) is 5.66. The Kier molecular flexibility index (Phi) is 7.53. The Balaban J connectivity index is 1.53. The monoisotopic (exact) mass is 414 g/mol. The number of carbonyl (C=O) groups is 1. The largest absolute Gasteiger partial charge is 0.378 e. The fourth-order valence-corrected chi connectivity index (χ4v) is 3.91. The zero-order valence-electron chi connectivity index (χ0n) is 17.6. The van der Waals surface area contributed by atoms with Gasteiger partial charge >= 0.3 is 0 Å². The highest BCUT2D eigenvalue weighted by Gasteiger charge is 2.16. The van der Waals surface area contributed by atoms with Crippen molar-refractivity contribution >= 4 is 28.9 Å². The molecule has 0 unspecified atom stereocenters. The van der Waals surface area contributed by atoms with Crippen LogP contribution < -0.4 is 10.2 Å². The lowest BCUT2D eigenvalue weighted by atomic mass is 10.2. The van der Waals surface area contributed by atoms with E-state index < -0.39 is 0 Å². The lowest BCUT2D eigenvalue weighted by molar-refractivity contribution is -0.114. The minimum Gasteiger partial charge on any atom is -0.378 e. The molecule has 2 aromatic carbocycles. The van der Waals surface area contributed by atoms with E-state index in [9.17, 15) is 4.79 Å². The summed E-state index contributed by atoms with van der Waals surface area (Å²) < 4.78 is 0. The van der Waals surface area contributed by atoms with Crippen molar-refractivity contribution in [3.05, 3.63) is 58.6 Å². The van der Waals surface area contributed by atoms with Crippen molar-refractivity contribution in [3.8, 4) is 0 Å². The molecular formula is C23H31ClN4O. The van der Waals surface area contributed by atoms with E-state index in [0.29, 0.717) is 0 Å². The number of hydrogen-bond donors (Lipinski definition) is 1. The first-order valence-corrected chi connectivity index (χ1v) is 10.6. The number of rotatable bonds is 6. The van der Waals surface area contributed by atoms with Gasteiger partial charge in [0.15, 0.2) is 0 Å². The Bertz CT molecular complexity index is 822. The van der Waals surface area contributed by atoms with Gasteiger partial charge in [-0.2, -0.15) is 0 Å². The summed E-state index contributed by atoms with van der Waals surface area (Å²) in [7, 11) is 4.06. The van der Waals surface area contributed by atoms with Crippen molar-refractivity contribution in [2.75, 3.05) is 50.5 Å². The number of amides is 1. The zero-order chi connectivity index (χ0) is 20.8. The van der Waals surface area contributed by atoms with Crippen LogP contribution in [0.2, 0.25) is 5.02 Å². The summed E-state index contributed by atoms with van der Waals surface area (Å²) in [5.41, 5.74) is 4.44. The van der Waals surface area contributed by atoms with Gasteiger partial charge in [0.05, 0.1) is 0 Å². The smallest absolute Gasteiger partial charge is 0.221 e. The number of hydrogen-bond acceptors (Lipinski definition) is 4. The fraction of sp³-hybridized carbons (Fsp3) is 0.435. The summed E-state index contributed by atoms with van der Waals surface area (Å²) in [4.78, 5) is 18.2. The Labute approximate surface area is 179 Å². The van der Waals surface area contributed by atoms with E-state index in [1.807, 2.05) is 32.3 Å². The maximum Gasteiger partial charge on any atom is 0.221 e. The SMILES string of the molecule is CC(=O)Nc1ccc(CN2CCCN(Cc3ccc(N(C)C)cc3Cl)CC2)cc1. The van der Waals surface area contributed by atoms with Gasteiger partial charge in [0.1, 0.15) is 0 Å². The van der Waals surface area contributed by atoms with Gasteiger partial charge in [-0.1, -0.05) is 29.8 Å². The Morgan fingerprint density at radius 1 is 1.00 bits per heavy atom. The number of benzene rings is 2. The maximum atomic E-state index is 11.1. The third kappa shape index (κ3) is 6.46. The van der Waals surface area contributed by atoms with Gasteiger partial charge in [-0.15, -0.1) is 0 Å². The first-order chi connectivity index (χ1) is 13.9. The van der Waals surface area contributed by atoms with Gasteiger partial charge in [0.25, 0.3) is 0 Å². The molecule has 1 saturated heterocycles. The van der Waals surface area contributed by atoms with Crippen LogP contribution in [0.15, 0.2) is 42.5 Å². The molecule has 6 heteroatoms. The third-order valence-electron chi connectivity index (χ3n) is 5.31. The van der Waals surface area contributed by atoms with Crippen LogP contribution in [0.5, 0.6) is 0 Å². The van der Waals surface area contributed by atoms with Crippen molar-refractivity contribution in [1.29, 1.82) is 0 Å².